The molecule has 82 valence electrons. The number of hydrogen-bond donors (Lipinski definition) is 1. The van der Waals surface area contributed by atoms with Gasteiger partial charge in [0.05, 0.1) is 0 Å². The first-order valence-corrected chi connectivity index (χ1v) is 6.23. The first-order chi connectivity index (χ1) is 6.72. The smallest absolute Gasteiger partial charge is 0.0284 e. The quantitative estimate of drug-likeness (QED) is 0.745. The zero-order chi connectivity index (χ0) is 10.0. The summed E-state index contributed by atoms with van der Waals surface area (Å²) >= 11 is 0. The maximum atomic E-state index is 6.13. The van der Waals surface area contributed by atoms with Crippen LogP contribution in [0, 0.1) is 5.92 Å². The molecule has 1 saturated carbocycles. The highest BCUT2D eigenvalue weighted by Crippen LogP contribution is 2.34. The molecular weight excluding hydrogens is 172 g/mol. The van der Waals surface area contributed by atoms with E-state index in [1.807, 2.05) is 0 Å². The van der Waals surface area contributed by atoms with E-state index in [0.29, 0.717) is 0 Å². The lowest BCUT2D eigenvalue weighted by Gasteiger charge is -2.33. The Morgan fingerprint density at radius 3 is 2.43 bits per heavy atom. The van der Waals surface area contributed by atoms with Crippen molar-refractivity contribution in [3.8, 4) is 0 Å². The van der Waals surface area contributed by atoms with Gasteiger partial charge in [-0.3, -0.25) is 0 Å². The fourth-order valence-corrected chi connectivity index (χ4v) is 2.61. The molecule has 2 fully saturated rings. The monoisotopic (exact) mass is 196 g/mol. The van der Waals surface area contributed by atoms with E-state index in [9.17, 15) is 0 Å². The average Bonchev–Trinajstić information content (AvgIpc) is 2.88. The van der Waals surface area contributed by atoms with E-state index in [1.54, 1.807) is 0 Å². The van der Waals surface area contributed by atoms with Crippen LogP contribution in [0.1, 0.15) is 45.4 Å². The summed E-state index contributed by atoms with van der Waals surface area (Å²) < 4.78 is 0. The molecule has 0 aromatic rings. The third-order valence-corrected chi connectivity index (χ3v) is 3.83. The second kappa shape index (κ2) is 4.19. The van der Waals surface area contributed by atoms with Crippen LogP contribution >= 0.6 is 0 Å². The van der Waals surface area contributed by atoms with Gasteiger partial charge in [0, 0.05) is 12.1 Å². The van der Waals surface area contributed by atoms with E-state index in [-0.39, 0.29) is 5.54 Å². The predicted octanol–water partition coefficient (Wildman–Crippen LogP) is 1.99. The standard InChI is InChI=1S/C12H24N2/c1-2-3-11-4-8-14(9-5-11)10-12(13)6-7-12/h11H,2-10,13H2,1H3. The van der Waals surface area contributed by atoms with Crippen LogP contribution in [-0.2, 0) is 0 Å². The molecule has 1 aliphatic carbocycles. The fourth-order valence-electron chi connectivity index (χ4n) is 2.61. The van der Waals surface area contributed by atoms with Gasteiger partial charge >= 0.3 is 0 Å². The summed E-state index contributed by atoms with van der Waals surface area (Å²) in [5.41, 5.74) is 6.35. The minimum absolute atomic E-state index is 0.220. The first kappa shape index (κ1) is 10.4. The summed E-state index contributed by atoms with van der Waals surface area (Å²) in [5.74, 6) is 1.00. The van der Waals surface area contributed by atoms with Crippen molar-refractivity contribution in [3.63, 3.8) is 0 Å². The first-order valence-electron chi connectivity index (χ1n) is 6.23. The number of rotatable bonds is 4. The topological polar surface area (TPSA) is 29.3 Å². The highest BCUT2D eigenvalue weighted by atomic mass is 15.2. The van der Waals surface area contributed by atoms with E-state index in [4.69, 9.17) is 5.73 Å². The van der Waals surface area contributed by atoms with Crippen molar-refractivity contribution < 1.29 is 0 Å². The van der Waals surface area contributed by atoms with Gasteiger partial charge in [-0.15, -0.1) is 0 Å². The Kier molecular flexibility index (Phi) is 3.13. The van der Waals surface area contributed by atoms with Gasteiger partial charge in [-0.1, -0.05) is 19.8 Å². The van der Waals surface area contributed by atoms with Crippen LogP contribution in [0.4, 0.5) is 0 Å². The SMILES string of the molecule is CCCC1CCN(CC2(N)CC2)CC1. The second-order valence-corrected chi connectivity index (χ2v) is 5.37. The van der Waals surface area contributed by atoms with Crippen molar-refractivity contribution in [3.05, 3.63) is 0 Å². The fraction of sp³-hybridized carbons (Fsp3) is 1.00. The van der Waals surface area contributed by atoms with Crippen LogP contribution in [0.2, 0.25) is 0 Å². The van der Waals surface area contributed by atoms with E-state index in [1.165, 1.54) is 51.6 Å². The molecule has 0 radical (unpaired) electrons. The molecule has 2 aliphatic rings. The van der Waals surface area contributed by atoms with E-state index in [0.717, 1.165) is 12.5 Å². The number of likely N-dealkylation sites (tertiary alicyclic amines) is 1. The van der Waals surface area contributed by atoms with Crippen LogP contribution in [0.5, 0.6) is 0 Å². The number of hydrogen-bond acceptors (Lipinski definition) is 2. The van der Waals surface area contributed by atoms with E-state index in [2.05, 4.69) is 11.8 Å². The van der Waals surface area contributed by atoms with E-state index >= 15 is 0 Å². The number of nitrogens with zero attached hydrogens (tertiary/aromatic N) is 1. The van der Waals surface area contributed by atoms with Crippen molar-refractivity contribution in [2.45, 2.75) is 51.0 Å². The molecule has 14 heavy (non-hydrogen) atoms. The molecule has 0 atom stereocenters. The molecule has 0 unspecified atom stereocenters. The summed E-state index contributed by atoms with van der Waals surface area (Å²) in [5, 5.41) is 0. The lowest BCUT2D eigenvalue weighted by molar-refractivity contribution is 0.166. The third kappa shape index (κ3) is 2.71. The van der Waals surface area contributed by atoms with Gasteiger partial charge in [-0.05, 0) is 44.7 Å². The van der Waals surface area contributed by atoms with Gasteiger partial charge in [0.25, 0.3) is 0 Å². The molecule has 1 saturated heterocycles. The largest absolute Gasteiger partial charge is 0.324 e. The van der Waals surface area contributed by atoms with Crippen LogP contribution in [0.25, 0.3) is 0 Å². The third-order valence-electron chi connectivity index (χ3n) is 3.83. The Hall–Kier alpha value is -0.0800. The van der Waals surface area contributed by atoms with Gasteiger partial charge in [-0.2, -0.15) is 0 Å². The number of nitrogens with two attached hydrogens (primary N) is 1. The highest BCUT2D eigenvalue weighted by molar-refractivity contribution is 5.01. The molecular formula is C12H24N2. The van der Waals surface area contributed by atoms with Crippen LogP contribution < -0.4 is 5.73 Å². The molecule has 2 heteroatoms. The zero-order valence-corrected chi connectivity index (χ0v) is 9.47. The van der Waals surface area contributed by atoms with Crippen molar-refractivity contribution in [1.29, 1.82) is 0 Å². The lowest BCUT2D eigenvalue weighted by Crippen LogP contribution is -2.43. The predicted molar refractivity (Wildman–Crippen MR) is 60.2 cm³/mol. The Morgan fingerprint density at radius 1 is 1.29 bits per heavy atom. The highest BCUT2D eigenvalue weighted by Gasteiger charge is 2.40. The van der Waals surface area contributed by atoms with Crippen molar-refractivity contribution in [2.24, 2.45) is 11.7 Å². The van der Waals surface area contributed by atoms with Gasteiger partial charge < -0.3 is 10.6 Å². The maximum absolute atomic E-state index is 6.13. The van der Waals surface area contributed by atoms with Crippen LogP contribution in [0.3, 0.4) is 0 Å². The van der Waals surface area contributed by atoms with Gasteiger partial charge in [0.1, 0.15) is 0 Å². The summed E-state index contributed by atoms with van der Waals surface area (Å²) in [7, 11) is 0. The summed E-state index contributed by atoms with van der Waals surface area (Å²) in [6.45, 7) is 6.05. The molecule has 0 amide bonds. The summed E-state index contributed by atoms with van der Waals surface area (Å²) in [6, 6.07) is 0. The average molecular weight is 196 g/mol. The Bertz CT molecular complexity index is 179. The van der Waals surface area contributed by atoms with Crippen molar-refractivity contribution >= 4 is 0 Å². The van der Waals surface area contributed by atoms with Crippen molar-refractivity contribution in [2.75, 3.05) is 19.6 Å². The van der Waals surface area contributed by atoms with Gasteiger partial charge in [-0.25, -0.2) is 0 Å². The molecule has 1 aliphatic heterocycles. The van der Waals surface area contributed by atoms with Crippen LogP contribution in [-0.4, -0.2) is 30.1 Å². The van der Waals surface area contributed by atoms with E-state index < -0.39 is 0 Å². The molecule has 2 rings (SSSR count). The maximum Gasteiger partial charge on any atom is 0.0284 e. The molecule has 2 N–H and O–H groups in total. The minimum atomic E-state index is 0.220. The number of piperidine rings is 1. The molecule has 0 aromatic carbocycles. The van der Waals surface area contributed by atoms with Gasteiger partial charge in [0.2, 0.25) is 0 Å². The normalized spacial score (nSPS) is 27.9. The summed E-state index contributed by atoms with van der Waals surface area (Å²) in [4.78, 5) is 2.58. The Morgan fingerprint density at radius 2 is 1.93 bits per heavy atom. The van der Waals surface area contributed by atoms with Crippen molar-refractivity contribution in [1.82, 2.24) is 4.90 Å². The second-order valence-electron chi connectivity index (χ2n) is 5.37. The molecule has 0 bridgehead atoms. The summed E-state index contributed by atoms with van der Waals surface area (Å²) in [6.07, 6.45) is 8.10. The lowest BCUT2D eigenvalue weighted by atomic mass is 9.92. The Balaban J connectivity index is 1.68. The van der Waals surface area contributed by atoms with Gasteiger partial charge in [0.15, 0.2) is 0 Å². The Labute approximate surface area is 87.8 Å². The molecule has 0 spiro atoms. The molecule has 2 nitrogen and oxygen atoms in total. The van der Waals surface area contributed by atoms with Crippen LogP contribution in [0.15, 0.2) is 0 Å². The minimum Gasteiger partial charge on any atom is -0.324 e. The molecule has 0 aromatic heterocycles. The zero-order valence-electron chi connectivity index (χ0n) is 9.47. The molecule has 1 heterocycles.